The van der Waals surface area contributed by atoms with Gasteiger partial charge in [-0.05, 0) is 12.6 Å². The monoisotopic (exact) mass is 498 g/mol. The minimum Gasteiger partial charge on any atom is -0.398 e. The van der Waals surface area contributed by atoms with Gasteiger partial charge in [0.15, 0.2) is 0 Å². The lowest BCUT2D eigenvalue weighted by molar-refractivity contribution is 0.248. The van der Waals surface area contributed by atoms with Crippen molar-refractivity contribution < 1.29 is 8.85 Å². The van der Waals surface area contributed by atoms with Crippen molar-refractivity contribution in [2.45, 2.75) is 186 Å². The fraction of sp³-hybridized carbons (Fsp3) is 1.00. The molecule has 0 atom stereocenters. The zero-order valence-electron chi connectivity index (χ0n) is 24.4. The molecule has 0 saturated heterocycles. The molecule has 0 saturated carbocycles. The molecule has 0 bridgehead atoms. The van der Waals surface area contributed by atoms with E-state index in [9.17, 15) is 0 Å². The molecule has 0 N–H and O–H groups in total. The molecule has 2 nitrogen and oxygen atoms in total. The van der Waals surface area contributed by atoms with Gasteiger partial charge in [-0.3, -0.25) is 0 Å². The molecular formula is C31H66O2Si. The Balaban J connectivity index is 3.09. The predicted octanol–water partition coefficient (Wildman–Crippen LogP) is 11.5. The Kier molecular flexibility index (Phi) is 27.8. The number of unbranched alkanes of at least 4 members (excludes halogenated alkanes) is 25. The smallest absolute Gasteiger partial charge is 0.334 e. The first-order valence-corrected chi connectivity index (χ1v) is 18.3. The van der Waals surface area contributed by atoms with Gasteiger partial charge in [-0.15, -0.1) is 0 Å². The van der Waals surface area contributed by atoms with Crippen molar-refractivity contribution in [3.63, 3.8) is 0 Å². The Morgan fingerprint density at radius 1 is 0.353 bits per heavy atom. The number of hydrogen-bond donors (Lipinski definition) is 0. The van der Waals surface area contributed by atoms with E-state index in [2.05, 4.69) is 13.5 Å². The Morgan fingerprint density at radius 3 is 0.765 bits per heavy atom. The van der Waals surface area contributed by atoms with E-state index in [1.165, 1.54) is 167 Å². The molecule has 0 rings (SSSR count). The fourth-order valence-electron chi connectivity index (χ4n) is 5.05. The third kappa shape index (κ3) is 25.2. The van der Waals surface area contributed by atoms with E-state index < -0.39 is 8.56 Å². The summed E-state index contributed by atoms with van der Waals surface area (Å²) in [5.74, 6) is 0. The van der Waals surface area contributed by atoms with Crippen LogP contribution in [-0.2, 0) is 8.85 Å². The van der Waals surface area contributed by atoms with Crippen LogP contribution in [0.3, 0.4) is 0 Å². The third-order valence-corrected chi connectivity index (χ3v) is 10.8. The lowest BCUT2D eigenvalue weighted by Crippen LogP contribution is -2.35. The van der Waals surface area contributed by atoms with Crippen LogP contribution in [0.5, 0.6) is 0 Å². The first kappa shape index (κ1) is 34.1. The standard InChI is InChI=1S/C31H66O2Si/c1-5-6-7-8-9-10-11-12-13-14-15-16-17-18-19-20-21-22-23-24-25-26-27-28-29-30-31-34(4,32-2)33-3/h5-31H2,1-4H3. The molecule has 0 aliphatic carbocycles. The van der Waals surface area contributed by atoms with Gasteiger partial charge in [0.2, 0.25) is 0 Å². The van der Waals surface area contributed by atoms with Crippen molar-refractivity contribution in [3.05, 3.63) is 0 Å². The highest BCUT2D eigenvalue weighted by molar-refractivity contribution is 6.65. The van der Waals surface area contributed by atoms with Crippen molar-refractivity contribution in [2.24, 2.45) is 0 Å². The molecular weight excluding hydrogens is 432 g/mol. The molecule has 0 aromatic rings. The Bertz CT molecular complexity index is 370. The van der Waals surface area contributed by atoms with Gasteiger partial charge >= 0.3 is 8.56 Å². The summed E-state index contributed by atoms with van der Waals surface area (Å²) in [6.07, 6.45) is 37.7. The highest BCUT2D eigenvalue weighted by atomic mass is 28.4. The summed E-state index contributed by atoms with van der Waals surface area (Å²) in [6, 6.07) is 1.14. The summed E-state index contributed by atoms with van der Waals surface area (Å²) in [6.45, 7) is 4.48. The maximum absolute atomic E-state index is 5.56. The van der Waals surface area contributed by atoms with Crippen molar-refractivity contribution in [1.29, 1.82) is 0 Å². The van der Waals surface area contributed by atoms with E-state index in [1.54, 1.807) is 14.2 Å². The van der Waals surface area contributed by atoms with Crippen LogP contribution in [0.4, 0.5) is 0 Å². The normalized spacial score (nSPS) is 12.0. The largest absolute Gasteiger partial charge is 0.398 e. The van der Waals surface area contributed by atoms with Crippen LogP contribution in [-0.4, -0.2) is 22.8 Å². The number of hydrogen-bond acceptors (Lipinski definition) is 2. The zero-order valence-corrected chi connectivity index (χ0v) is 25.4. The highest BCUT2D eigenvalue weighted by Crippen LogP contribution is 2.18. The summed E-state index contributed by atoms with van der Waals surface area (Å²) in [4.78, 5) is 0. The number of rotatable bonds is 29. The van der Waals surface area contributed by atoms with Crippen molar-refractivity contribution >= 4 is 8.56 Å². The van der Waals surface area contributed by atoms with Gasteiger partial charge in [-0.2, -0.15) is 0 Å². The minimum absolute atomic E-state index is 1.14. The molecule has 0 radical (unpaired) electrons. The van der Waals surface area contributed by atoms with E-state index in [0.717, 1.165) is 6.04 Å². The van der Waals surface area contributed by atoms with Crippen molar-refractivity contribution in [1.82, 2.24) is 0 Å². The van der Waals surface area contributed by atoms with E-state index in [4.69, 9.17) is 8.85 Å². The van der Waals surface area contributed by atoms with Gasteiger partial charge in [0.05, 0.1) is 0 Å². The highest BCUT2D eigenvalue weighted by Gasteiger charge is 2.27. The maximum atomic E-state index is 5.56. The van der Waals surface area contributed by atoms with Gasteiger partial charge < -0.3 is 8.85 Å². The van der Waals surface area contributed by atoms with Crippen LogP contribution in [0, 0.1) is 0 Å². The molecule has 0 heterocycles. The summed E-state index contributed by atoms with van der Waals surface area (Å²) in [5.41, 5.74) is 0. The lowest BCUT2D eigenvalue weighted by Gasteiger charge is -2.22. The van der Waals surface area contributed by atoms with Crippen LogP contribution in [0.1, 0.15) is 174 Å². The summed E-state index contributed by atoms with van der Waals surface area (Å²) in [7, 11) is 1.79. The molecule has 34 heavy (non-hydrogen) atoms. The Hall–Kier alpha value is 0.137. The second kappa shape index (κ2) is 27.7. The van der Waals surface area contributed by atoms with Crippen molar-refractivity contribution in [2.75, 3.05) is 14.2 Å². The molecule has 0 aliphatic heterocycles. The molecule has 0 fully saturated rings. The first-order chi connectivity index (χ1) is 16.7. The molecule has 0 aliphatic rings. The van der Waals surface area contributed by atoms with Gasteiger partial charge in [0.1, 0.15) is 0 Å². The minimum atomic E-state index is -1.82. The molecule has 0 aromatic carbocycles. The third-order valence-electron chi connectivity index (χ3n) is 7.85. The van der Waals surface area contributed by atoms with Crippen LogP contribution < -0.4 is 0 Å². The maximum Gasteiger partial charge on any atom is 0.334 e. The Morgan fingerprint density at radius 2 is 0.559 bits per heavy atom. The van der Waals surface area contributed by atoms with E-state index in [1.807, 2.05) is 0 Å². The molecule has 3 heteroatoms. The van der Waals surface area contributed by atoms with Gasteiger partial charge in [0.25, 0.3) is 0 Å². The van der Waals surface area contributed by atoms with Gasteiger partial charge in [-0.25, -0.2) is 0 Å². The lowest BCUT2D eigenvalue weighted by atomic mass is 10.0. The van der Waals surface area contributed by atoms with E-state index in [0.29, 0.717) is 0 Å². The molecule has 206 valence electrons. The van der Waals surface area contributed by atoms with Crippen LogP contribution in [0.25, 0.3) is 0 Å². The average molecular weight is 499 g/mol. The van der Waals surface area contributed by atoms with E-state index in [-0.39, 0.29) is 0 Å². The second-order valence-electron chi connectivity index (χ2n) is 11.1. The average Bonchev–Trinajstić information content (AvgIpc) is 2.86. The Labute approximate surface area is 218 Å². The van der Waals surface area contributed by atoms with Crippen LogP contribution >= 0.6 is 0 Å². The SMILES string of the molecule is CCCCCCCCCCCCCCCCCCCCCCCCCCCC[Si](C)(OC)OC. The summed E-state index contributed by atoms with van der Waals surface area (Å²) >= 11 is 0. The molecule has 0 spiro atoms. The molecule has 0 aromatic heterocycles. The summed E-state index contributed by atoms with van der Waals surface area (Å²) < 4.78 is 11.1. The zero-order chi connectivity index (χ0) is 25.0. The predicted molar refractivity (Wildman–Crippen MR) is 156 cm³/mol. The van der Waals surface area contributed by atoms with Crippen molar-refractivity contribution in [3.8, 4) is 0 Å². The topological polar surface area (TPSA) is 18.5 Å². The second-order valence-corrected chi connectivity index (χ2v) is 14.7. The van der Waals surface area contributed by atoms with Crippen LogP contribution in [0.15, 0.2) is 0 Å². The van der Waals surface area contributed by atoms with Gasteiger partial charge in [0, 0.05) is 14.2 Å². The fourth-order valence-corrected chi connectivity index (χ4v) is 6.52. The van der Waals surface area contributed by atoms with E-state index >= 15 is 0 Å². The van der Waals surface area contributed by atoms with Crippen LogP contribution in [0.2, 0.25) is 12.6 Å². The molecule has 0 unspecified atom stereocenters. The quantitative estimate of drug-likeness (QED) is 0.0753. The molecule has 0 amide bonds. The van der Waals surface area contributed by atoms with Gasteiger partial charge in [-0.1, -0.05) is 174 Å². The first-order valence-electron chi connectivity index (χ1n) is 15.8. The summed E-state index contributed by atoms with van der Waals surface area (Å²) in [5, 5.41) is 0.